The maximum Gasteiger partial charge on any atom is 0.328 e. The third kappa shape index (κ3) is 15.5. The molecule has 0 bridgehead atoms. The lowest BCUT2D eigenvalue weighted by Crippen LogP contribution is -2.54. The zero-order valence-electron chi connectivity index (χ0n) is 23.8. The van der Waals surface area contributed by atoms with Crippen LogP contribution in [-0.4, -0.2) is 46.4 Å². The van der Waals surface area contributed by atoms with E-state index >= 15 is 0 Å². The second-order valence-corrected chi connectivity index (χ2v) is 10.4. The van der Waals surface area contributed by atoms with E-state index < -0.39 is 24.0 Å². The third-order valence-electron chi connectivity index (χ3n) is 6.64. The first-order chi connectivity index (χ1) is 17.9. The predicted octanol–water partition coefficient (Wildman–Crippen LogP) is 5.62. The number of nitrogens with one attached hydrogen (secondary N) is 3. The summed E-state index contributed by atoms with van der Waals surface area (Å²) in [4.78, 5) is 45.0. The van der Waals surface area contributed by atoms with Crippen LogP contribution >= 0.6 is 0 Å². The molecule has 2 atom stereocenters. The minimum atomic E-state index is -0.800. The number of hydrogen-bond donors (Lipinski definition) is 3. The summed E-state index contributed by atoms with van der Waals surface area (Å²) in [6.07, 6.45) is 20.1. The van der Waals surface area contributed by atoms with Crippen molar-refractivity contribution in [2.45, 2.75) is 136 Å². The minimum absolute atomic E-state index is 0.141. The summed E-state index contributed by atoms with van der Waals surface area (Å²) in [6.45, 7) is 7.92. The van der Waals surface area contributed by atoms with Gasteiger partial charge in [-0.15, -0.1) is 0 Å². The van der Waals surface area contributed by atoms with Gasteiger partial charge < -0.3 is 20.4 Å². The van der Waals surface area contributed by atoms with Gasteiger partial charge in [0.1, 0.15) is 12.1 Å². The minimum Gasteiger partial charge on any atom is -0.464 e. The van der Waals surface area contributed by atoms with E-state index in [1.54, 1.807) is 13.1 Å². The Kier molecular flexibility index (Phi) is 18.2. The molecular formula is C29H52N4O4. The van der Waals surface area contributed by atoms with Crippen molar-refractivity contribution in [3.8, 4) is 0 Å². The smallest absolute Gasteiger partial charge is 0.328 e. The van der Waals surface area contributed by atoms with Gasteiger partial charge in [0.2, 0.25) is 11.8 Å². The molecule has 8 heteroatoms. The van der Waals surface area contributed by atoms with E-state index in [2.05, 4.69) is 27.5 Å². The summed E-state index contributed by atoms with van der Waals surface area (Å²) in [5.41, 5.74) is 0.735. The van der Waals surface area contributed by atoms with Crippen LogP contribution < -0.4 is 10.6 Å². The number of hydrogen-bond acceptors (Lipinski definition) is 5. The molecule has 0 aromatic carbocycles. The highest BCUT2D eigenvalue weighted by molar-refractivity contribution is 5.91. The van der Waals surface area contributed by atoms with Crippen molar-refractivity contribution in [1.82, 2.24) is 20.6 Å². The number of imidazole rings is 1. The molecule has 1 aromatic heterocycles. The number of ether oxygens (including phenoxy) is 1. The summed E-state index contributed by atoms with van der Waals surface area (Å²) in [6, 6.07) is -1.57. The third-order valence-corrected chi connectivity index (χ3v) is 6.64. The van der Waals surface area contributed by atoms with Crippen LogP contribution in [0.25, 0.3) is 0 Å². The predicted molar refractivity (Wildman–Crippen MR) is 148 cm³/mol. The fourth-order valence-corrected chi connectivity index (χ4v) is 4.38. The van der Waals surface area contributed by atoms with Gasteiger partial charge in [0.15, 0.2) is 0 Å². The molecule has 0 spiro atoms. The average molecular weight is 521 g/mol. The highest BCUT2D eigenvalue weighted by Crippen LogP contribution is 2.13. The number of rotatable bonds is 22. The van der Waals surface area contributed by atoms with Crippen molar-refractivity contribution >= 4 is 17.8 Å². The van der Waals surface area contributed by atoms with Gasteiger partial charge in [-0.25, -0.2) is 9.78 Å². The Labute approximate surface area is 224 Å². The Balaban J connectivity index is 2.36. The first-order valence-electron chi connectivity index (χ1n) is 14.6. The Hall–Kier alpha value is -2.38. The molecule has 0 aliphatic rings. The molecule has 0 fully saturated rings. The van der Waals surface area contributed by atoms with Crippen molar-refractivity contribution in [2.75, 3.05) is 6.61 Å². The van der Waals surface area contributed by atoms with Crippen LogP contribution in [0.2, 0.25) is 0 Å². The number of esters is 1. The Morgan fingerprint density at radius 2 is 1.43 bits per heavy atom. The maximum absolute atomic E-state index is 13.0. The lowest BCUT2D eigenvalue weighted by molar-refractivity contribution is -0.149. The number of aromatic amines is 1. The summed E-state index contributed by atoms with van der Waals surface area (Å²) >= 11 is 0. The zero-order valence-corrected chi connectivity index (χ0v) is 23.8. The van der Waals surface area contributed by atoms with Gasteiger partial charge in [-0.1, -0.05) is 97.8 Å². The molecule has 0 aliphatic carbocycles. The number of amides is 2. The largest absolute Gasteiger partial charge is 0.464 e. The number of carbonyl (C=O) groups is 3. The van der Waals surface area contributed by atoms with Crippen LogP contribution in [0, 0.1) is 5.92 Å². The summed E-state index contributed by atoms with van der Waals surface area (Å²) in [5.74, 6) is -1.17. The lowest BCUT2D eigenvalue weighted by atomic mass is 10.0. The van der Waals surface area contributed by atoms with Gasteiger partial charge in [0, 0.05) is 24.7 Å². The van der Waals surface area contributed by atoms with Crippen LogP contribution in [0.15, 0.2) is 12.5 Å². The van der Waals surface area contributed by atoms with Gasteiger partial charge in [-0.3, -0.25) is 9.59 Å². The first-order valence-corrected chi connectivity index (χ1v) is 14.6. The van der Waals surface area contributed by atoms with Crippen LogP contribution in [0.4, 0.5) is 0 Å². The Morgan fingerprint density at radius 3 is 1.92 bits per heavy atom. The van der Waals surface area contributed by atoms with Crippen LogP contribution in [-0.2, 0) is 25.5 Å². The van der Waals surface area contributed by atoms with E-state index in [1.807, 2.05) is 13.8 Å². The first kappa shape index (κ1) is 32.6. The van der Waals surface area contributed by atoms with Crippen LogP contribution in [0.5, 0.6) is 0 Å². The normalized spacial score (nSPS) is 12.8. The van der Waals surface area contributed by atoms with Gasteiger partial charge in [0.05, 0.1) is 12.9 Å². The van der Waals surface area contributed by atoms with E-state index in [9.17, 15) is 14.4 Å². The number of carbonyl (C=O) groups excluding carboxylic acids is 3. The van der Waals surface area contributed by atoms with E-state index in [4.69, 9.17) is 4.74 Å². The quantitative estimate of drug-likeness (QED) is 0.136. The Bertz CT molecular complexity index is 736. The fraction of sp³-hybridized carbons (Fsp3) is 0.793. The zero-order chi connectivity index (χ0) is 27.3. The van der Waals surface area contributed by atoms with Crippen molar-refractivity contribution in [2.24, 2.45) is 5.92 Å². The second-order valence-electron chi connectivity index (χ2n) is 10.4. The van der Waals surface area contributed by atoms with Crippen molar-refractivity contribution < 1.29 is 19.1 Å². The summed E-state index contributed by atoms with van der Waals surface area (Å²) in [5, 5.41) is 5.64. The molecule has 0 saturated carbocycles. The van der Waals surface area contributed by atoms with Crippen molar-refractivity contribution in [1.29, 1.82) is 0 Å². The van der Waals surface area contributed by atoms with Gasteiger partial charge >= 0.3 is 5.97 Å². The number of unbranched alkanes of at least 4 members (excludes halogenated alkanes) is 12. The molecule has 3 N–H and O–H groups in total. The molecule has 1 aromatic rings. The molecule has 37 heavy (non-hydrogen) atoms. The van der Waals surface area contributed by atoms with E-state index in [0.717, 1.165) is 25.0 Å². The number of H-pyrrole nitrogens is 1. The summed E-state index contributed by atoms with van der Waals surface area (Å²) in [7, 11) is 0. The van der Waals surface area contributed by atoms with Gasteiger partial charge in [-0.05, 0) is 19.3 Å². The molecule has 0 saturated heterocycles. The lowest BCUT2D eigenvalue weighted by Gasteiger charge is -2.24. The van der Waals surface area contributed by atoms with Crippen molar-refractivity contribution in [3.63, 3.8) is 0 Å². The molecule has 1 rings (SSSR count). The van der Waals surface area contributed by atoms with Crippen molar-refractivity contribution in [3.05, 3.63) is 18.2 Å². The monoisotopic (exact) mass is 520 g/mol. The highest BCUT2D eigenvalue weighted by Gasteiger charge is 2.30. The molecule has 8 nitrogen and oxygen atoms in total. The molecule has 1 heterocycles. The summed E-state index contributed by atoms with van der Waals surface area (Å²) < 4.78 is 5.11. The molecule has 0 aliphatic heterocycles. The van der Waals surface area contributed by atoms with Crippen LogP contribution in [0.3, 0.4) is 0 Å². The highest BCUT2D eigenvalue weighted by atomic mass is 16.5. The SMILES string of the molecule is CCCCCCCCCCCCCCCC(=O)N[C@@H](Cc1cnc[nH]1)C(=O)N[C@@H](C(=O)OCC)C(C)C. The molecule has 0 unspecified atom stereocenters. The molecule has 212 valence electrons. The Morgan fingerprint density at radius 1 is 0.865 bits per heavy atom. The number of aromatic nitrogens is 2. The molecular weight excluding hydrogens is 468 g/mol. The number of nitrogens with zero attached hydrogens (tertiary/aromatic N) is 1. The van der Waals surface area contributed by atoms with Gasteiger partial charge in [0.25, 0.3) is 0 Å². The van der Waals surface area contributed by atoms with Gasteiger partial charge in [-0.2, -0.15) is 0 Å². The second kappa shape index (κ2) is 20.7. The molecule has 0 radical (unpaired) electrons. The van der Waals surface area contributed by atoms with E-state index in [-0.39, 0.29) is 24.9 Å². The maximum atomic E-state index is 13.0. The molecule has 2 amide bonds. The topological polar surface area (TPSA) is 113 Å². The van der Waals surface area contributed by atoms with E-state index in [1.165, 1.54) is 70.5 Å². The average Bonchev–Trinajstić information content (AvgIpc) is 3.38. The standard InChI is InChI=1S/C29H52N4O4/c1-5-7-8-9-10-11-12-13-14-15-16-17-18-19-26(34)32-25(20-24-21-30-22-31-24)28(35)33-27(23(3)4)29(36)37-6-2/h21-23,25,27H,5-20H2,1-4H3,(H,30,31)(H,32,34)(H,33,35)/t25-,27+/m0/s1. The van der Waals surface area contributed by atoms with E-state index in [0.29, 0.717) is 6.42 Å². The van der Waals surface area contributed by atoms with Crippen LogP contribution in [0.1, 0.15) is 123 Å². The fourth-order valence-electron chi connectivity index (χ4n) is 4.38.